The van der Waals surface area contributed by atoms with Gasteiger partial charge in [-0.2, -0.15) is 0 Å². The molecule has 0 saturated carbocycles. The summed E-state index contributed by atoms with van der Waals surface area (Å²) in [5.41, 5.74) is 22.7. The molecule has 64 heavy (non-hydrogen) atoms. The van der Waals surface area contributed by atoms with Crippen LogP contribution in [0.15, 0.2) is 140 Å². The second-order valence-electron chi connectivity index (χ2n) is 20.8. The van der Waals surface area contributed by atoms with Crippen molar-refractivity contribution in [2.75, 3.05) is 14.7 Å². The summed E-state index contributed by atoms with van der Waals surface area (Å²) in [5.74, 6) is 0.447. The SMILES string of the molecule is Cc1ccc(N2c3cc(N(c4ccc(C(C)C)cc4C)c4ccc(C(C)(C)C)cc4C)ccc3B3c4sc5ccc(C)cc5c4N(c4ccc(C(C)(C)C)cc4)c4cccc2c43)cc1. The van der Waals surface area contributed by atoms with Crippen LogP contribution in [-0.4, -0.2) is 6.71 Å². The van der Waals surface area contributed by atoms with E-state index in [0.717, 1.165) is 11.4 Å². The van der Waals surface area contributed by atoms with Gasteiger partial charge in [-0.3, -0.25) is 0 Å². The molecule has 0 N–H and O–H groups in total. The minimum absolute atomic E-state index is 0.0445. The van der Waals surface area contributed by atoms with Crippen molar-refractivity contribution in [3.8, 4) is 0 Å². The molecule has 8 aromatic rings. The lowest BCUT2D eigenvalue weighted by atomic mass is 9.36. The number of thiophene rings is 1. The number of rotatable bonds is 6. The minimum Gasteiger partial charge on any atom is -0.311 e. The summed E-state index contributed by atoms with van der Waals surface area (Å²) in [6.45, 7) is 27.4. The van der Waals surface area contributed by atoms with E-state index in [0.29, 0.717) is 5.92 Å². The zero-order valence-corrected chi connectivity index (χ0v) is 40.5. The highest BCUT2D eigenvalue weighted by Gasteiger charge is 2.45. The Kier molecular flexibility index (Phi) is 10.0. The van der Waals surface area contributed by atoms with Crippen LogP contribution in [0.25, 0.3) is 10.1 Å². The van der Waals surface area contributed by atoms with E-state index in [1.54, 1.807) is 0 Å². The first kappa shape index (κ1) is 41.9. The summed E-state index contributed by atoms with van der Waals surface area (Å²) in [6, 6.07) is 53.9. The molecule has 0 bridgehead atoms. The number of benzene rings is 7. The molecule has 0 unspecified atom stereocenters. The number of anilines is 9. The van der Waals surface area contributed by atoms with Crippen LogP contribution in [0.1, 0.15) is 100 Å². The average molecular weight is 854 g/mol. The van der Waals surface area contributed by atoms with E-state index in [9.17, 15) is 0 Å². The quantitative estimate of drug-likeness (QED) is 0.154. The van der Waals surface area contributed by atoms with Gasteiger partial charge in [0, 0.05) is 60.4 Å². The van der Waals surface area contributed by atoms with Gasteiger partial charge in [-0.1, -0.05) is 133 Å². The van der Waals surface area contributed by atoms with Gasteiger partial charge in [-0.25, -0.2) is 0 Å². The Morgan fingerprint density at radius 3 is 1.78 bits per heavy atom. The number of aryl methyl sites for hydroxylation is 4. The van der Waals surface area contributed by atoms with Crippen LogP contribution in [-0.2, 0) is 10.8 Å². The van der Waals surface area contributed by atoms with Crippen LogP contribution in [0.3, 0.4) is 0 Å². The smallest absolute Gasteiger partial charge is 0.264 e. The fraction of sp³-hybridized carbons (Fsp3) is 0.254. The molecule has 0 amide bonds. The van der Waals surface area contributed by atoms with Gasteiger partial charge in [-0.05, 0) is 156 Å². The molecule has 2 aliphatic rings. The van der Waals surface area contributed by atoms with Crippen molar-refractivity contribution in [1.82, 2.24) is 0 Å². The Morgan fingerprint density at radius 1 is 0.547 bits per heavy atom. The standard InChI is InChI=1S/C59H60BN3S/c1-36(2)41-19-29-49(39(5)33-41)62(50-30-22-43(34-40(50)6)59(10,11)12)46-27-28-48-53(35-46)61(44-23-16-37(3)17-24-44)51-14-13-15-52-55(51)60(48)57-56(47-32-38(4)18-31-54(47)64-57)63(52)45-25-20-42(21-26-45)58(7,8)9/h13-36H,1-12H3. The van der Waals surface area contributed by atoms with Crippen LogP contribution >= 0.6 is 11.3 Å². The Bertz CT molecular complexity index is 3110. The second kappa shape index (κ2) is 15.3. The maximum absolute atomic E-state index is 2.57. The topological polar surface area (TPSA) is 9.72 Å². The molecule has 0 atom stereocenters. The predicted molar refractivity (Wildman–Crippen MR) is 281 cm³/mol. The maximum atomic E-state index is 2.57. The molecule has 320 valence electrons. The summed E-state index contributed by atoms with van der Waals surface area (Å²) in [4.78, 5) is 7.62. The molecule has 1 aromatic heterocycles. The zero-order valence-electron chi connectivity index (χ0n) is 39.7. The third-order valence-electron chi connectivity index (χ3n) is 13.7. The Labute approximate surface area is 386 Å². The van der Waals surface area contributed by atoms with Crippen LogP contribution in [0, 0.1) is 27.7 Å². The fourth-order valence-electron chi connectivity index (χ4n) is 10.1. The molecule has 7 aromatic carbocycles. The summed E-state index contributed by atoms with van der Waals surface area (Å²) >= 11 is 1.96. The van der Waals surface area contributed by atoms with Gasteiger partial charge in [0.25, 0.3) is 6.71 Å². The van der Waals surface area contributed by atoms with Crippen molar-refractivity contribution >= 4 is 95.0 Å². The fourth-order valence-corrected chi connectivity index (χ4v) is 11.4. The summed E-state index contributed by atoms with van der Waals surface area (Å²) in [7, 11) is 0. The zero-order chi connectivity index (χ0) is 45.0. The monoisotopic (exact) mass is 853 g/mol. The van der Waals surface area contributed by atoms with E-state index in [-0.39, 0.29) is 17.5 Å². The van der Waals surface area contributed by atoms with E-state index in [4.69, 9.17) is 0 Å². The van der Waals surface area contributed by atoms with Crippen LogP contribution < -0.4 is 30.4 Å². The second-order valence-corrected chi connectivity index (χ2v) is 21.9. The first-order chi connectivity index (χ1) is 30.5. The molecular formula is C59H60BN3S. The van der Waals surface area contributed by atoms with Crippen molar-refractivity contribution in [3.05, 3.63) is 178 Å². The van der Waals surface area contributed by atoms with Crippen LogP contribution in [0.2, 0.25) is 0 Å². The lowest BCUT2D eigenvalue weighted by Gasteiger charge is -2.43. The number of fused-ring (bicyclic) bond motifs is 6. The predicted octanol–water partition coefficient (Wildman–Crippen LogP) is 15.4. The molecule has 0 fully saturated rings. The van der Waals surface area contributed by atoms with Gasteiger partial charge >= 0.3 is 0 Å². The van der Waals surface area contributed by atoms with E-state index >= 15 is 0 Å². The van der Waals surface area contributed by atoms with Crippen molar-refractivity contribution in [3.63, 3.8) is 0 Å². The Morgan fingerprint density at radius 2 is 1.14 bits per heavy atom. The van der Waals surface area contributed by atoms with Gasteiger partial charge in [0.05, 0.1) is 5.69 Å². The highest BCUT2D eigenvalue weighted by molar-refractivity contribution is 7.33. The van der Waals surface area contributed by atoms with E-state index < -0.39 is 0 Å². The number of hydrogen-bond acceptors (Lipinski definition) is 4. The molecule has 2 aliphatic heterocycles. The third kappa shape index (κ3) is 6.95. The minimum atomic E-state index is 0.0445. The van der Waals surface area contributed by atoms with Crippen LogP contribution in [0.5, 0.6) is 0 Å². The normalized spacial score (nSPS) is 13.4. The lowest BCUT2D eigenvalue weighted by Crippen LogP contribution is -2.60. The van der Waals surface area contributed by atoms with E-state index in [1.165, 1.54) is 105 Å². The molecule has 3 heterocycles. The Hall–Kier alpha value is -6.04. The van der Waals surface area contributed by atoms with E-state index in [1.807, 2.05) is 11.3 Å². The molecular weight excluding hydrogens is 794 g/mol. The molecule has 0 saturated heterocycles. The summed E-state index contributed by atoms with van der Waals surface area (Å²) < 4.78 is 2.71. The average Bonchev–Trinajstić information content (AvgIpc) is 3.62. The van der Waals surface area contributed by atoms with Gasteiger partial charge < -0.3 is 14.7 Å². The molecule has 0 spiro atoms. The van der Waals surface area contributed by atoms with Crippen molar-refractivity contribution in [2.24, 2.45) is 0 Å². The molecule has 10 rings (SSSR count). The van der Waals surface area contributed by atoms with Crippen molar-refractivity contribution in [2.45, 2.75) is 99.8 Å². The highest BCUT2D eigenvalue weighted by atomic mass is 32.1. The van der Waals surface area contributed by atoms with Crippen LogP contribution in [0.4, 0.5) is 51.2 Å². The third-order valence-corrected chi connectivity index (χ3v) is 14.9. The lowest BCUT2D eigenvalue weighted by molar-refractivity contribution is 0.589. The van der Waals surface area contributed by atoms with Gasteiger partial charge in [-0.15, -0.1) is 11.3 Å². The largest absolute Gasteiger partial charge is 0.311 e. The van der Waals surface area contributed by atoms with Gasteiger partial charge in [0.1, 0.15) is 0 Å². The summed E-state index contributed by atoms with van der Waals surface area (Å²) in [5, 5.41) is 1.32. The van der Waals surface area contributed by atoms with Gasteiger partial charge in [0.2, 0.25) is 0 Å². The Balaban J connectivity index is 1.25. The molecule has 3 nitrogen and oxygen atoms in total. The number of nitrogens with zero attached hydrogens (tertiary/aromatic N) is 3. The molecule has 5 heteroatoms. The highest BCUT2D eigenvalue weighted by Crippen LogP contribution is 2.49. The summed E-state index contributed by atoms with van der Waals surface area (Å²) in [6.07, 6.45) is 0. The van der Waals surface area contributed by atoms with E-state index in [2.05, 4.69) is 237 Å². The first-order valence-electron chi connectivity index (χ1n) is 23.1. The first-order valence-corrected chi connectivity index (χ1v) is 23.9. The van der Waals surface area contributed by atoms with Gasteiger partial charge in [0.15, 0.2) is 0 Å². The van der Waals surface area contributed by atoms with Crippen molar-refractivity contribution in [1.29, 1.82) is 0 Å². The molecule has 0 radical (unpaired) electrons. The van der Waals surface area contributed by atoms with Crippen molar-refractivity contribution < 1.29 is 0 Å². The molecule has 0 aliphatic carbocycles. The maximum Gasteiger partial charge on any atom is 0.264 e. The number of hydrogen-bond donors (Lipinski definition) is 0.